The fourth-order valence-corrected chi connectivity index (χ4v) is 2.22. The predicted octanol–water partition coefficient (Wildman–Crippen LogP) is 4.94. The molecule has 0 radical (unpaired) electrons. The minimum absolute atomic E-state index is 0.134. The van der Waals surface area contributed by atoms with Crippen LogP contribution in [0.4, 0.5) is 0 Å². The molecule has 0 aromatic carbocycles. The van der Waals surface area contributed by atoms with Crippen molar-refractivity contribution in [2.24, 2.45) is 0 Å². The van der Waals surface area contributed by atoms with E-state index in [0.717, 1.165) is 44.9 Å². The van der Waals surface area contributed by atoms with Gasteiger partial charge in [0.2, 0.25) is 0 Å². The number of hydrogen-bond acceptors (Lipinski definition) is 3. The number of methoxy groups -OCH3 is 1. The normalized spacial score (nSPS) is 13.0. The molecule has 0 heterocycles. The molecule has 3 heteroatoms. The summed E-state index contributed by atoms with van der Waals surface area (Å²) in [6.07, 6.45) is 19.2. The lowest BCUT2D eigenvalue weighted by Crippen LogP contribution is -2.02. The van der Waals surface area contributed by atoms with Crippen molar-refractivity contribution in [3.05, 3.63) is 24.3 Å². The largest absolute Gasteiger partial charge is 0.469 e. The molecule has 0 aliphatic heterocycles. The molecule has 0 amide bonds. The number of esters is 1. The summed E-state index contributed by atoms with van der Waals surface area (Å²) >= 11 is 0. The summed E-state index contributed by atoms with van der Waals surface area (Å²) in [5.74, 6) is -0.134. The summed E-state index contributed by atoms with van der Waals surface area (Å²) in [7, 11) is 1.42. The van der Waals surface area contributed by atoms with Gasteiger partial charge in [-0.25, -0.2) is 0 Å². The summed E-state index contributed by atoms with van der Waals surface area (Å²) in [6.45, 7) is 2.22. The number of allylic oxidation sites excluding steroid dienone is 3. The lowest BCUT2D eigenvalue weighted by atomic mass is 10.1. The van der Waals surface area contributed by atoms with Gasteiger partial charge in [0, 0.05) is 6.42 Å². The first-order chi connectivity index (χ1) is 10.7. The molecular formula is C19H34O3. The Morgan fingerprint density at radius 1 is 1.05 bits per heavy atom. The average molecular weight is 310 g/mol. The molecule has 0 rings (SSSR count). The molecule has 0 fully saturated rings. The van der Waals surface area contributed by atoms with Crippen LogP contribution in [0.5, 0.6) is 0 Å². The Balaban J connectivity index is 3.43. The zero-order chi connectivity index (χ0) is 16.5. The van der Waals surface area contributed by atoms with Gasteiger partial charge in [-0.1, -0.05) is 63.3 Å². The monoisotopic (exact) mass is 310 g/mol. The van der Waals surface area contributed by atoms with Crippen molar-refractivity contribution in [1.29, 1.82) is 0 Å². The number of rotatable bonds is 14. The van der Waals surface area contributed by atoms with Crippen LogP contribution in [0.15, 0.2) is 24.3 Å². The Hall–Kier alpha value is -1.09. The van der Waals surface area contributed by atoms with Gasteiger partial charge in [0.15, 0.2) is 0 Å². The van der Waals surface area contributed by atoms with Crippen LogP contribution >= 0.6 is 0 Å². The summed E-state index contributed by atoms with van der Waals surface area (Å²) in [6, 6.07) is 0. The van der Waals surface area contributed by atoms with Gasteiger partial charge in [0.05, 0.1) is 13.2 Å². The van der Waals surface area contributed by atoms with Gasteiger partial charge in [-0.2, -0.15) is 0 Å². The zero-order valence-electron chi connectivity index (χ0n) is 14.4. The fraction of sp³-hybridized carbons (Fsp3) is 0.737. The molecule has 0 aliphatic rings. The van der Waals surface area contributed by atoms with E-state index in [0.29, 0.717) is 6.42 Å². The number of unbranched alkanes of at least 4 members (excludes halogenated alkanes) is 6. The first-order valence-corrected chi connectivity index (χ1v) is 8.77. The lowest BCUT2D eigenvalue weighted by Gasteiger charge is -2.05. The molecule has 0 saturated carbocycles. The van der Waals surface area contributed by atoms with Crippen LogP contribution in [0.25, 0.3) is 0 Å². The molecule has 1 unspecified atom stereocenters. The third-order valence-electron chi connectivity index (χ3n) is 3.63. The Labute approximate surface area is 136 Å². The summed E-state index contributed by atoms with van der Waals surface area (Å²) in [4.78, 5) is 10.9. The molecule has 22 heavy (non-hydrogen) atoms. The van der Waals surface area contributed by atoms with Crippen LogP contribution in [0.2, 0.25) is 0 Å². The highest BCUT2D eigenvalue weighted by molar-refractivity contribution is 5.68. The second kappa shape index (κ2) is 16.3. The molecule has 0 bridgehead atoms. The minimum atomic E-state index is -0.339. The standard InChI is InChI=1S/C19H34O3/c1-3-4-5-6-7-8-9-12-15-18(20)16-13-10-11-14-17-19(21)22-2/h7-8,12,15,18,20H,3-6,9-11,13-14,16-17H2,1-2H3/b8-7-,15-12-. The Kier molecular flexibility index (Phi) is 15.5. The maximum atomic E-state index is 10.9. The van der Waals surface area contributed by atoms with Gasteiger partial charge in [-0.15, -0.1) is 0 Å². The molecule has 0 aromatic heterocycles. The lowest BCUT2D eigenvalue weighted by molar-refractivity contribution is -0.140. The predicted molar refractivity (Wildman–Crippen MR) is 92.8 cm³/mol. The molecule has 0 aromatic rings. The van der Waals surface area contributed by atoms with Crippen LogP contribution in [-0.2, 0) is 9.53 Å². The molecule has 0 aliphatic carbocycles. The molecular weight excluding hydrogens is 276 g/mol. The third-order valence-corrected chi connectivity index (χ3v) is 3.63. The molecule has 0 saturated heterocycles. The van der Waals surface area contributed by atoms with E-state index in [4.69, 9.17) is 0 Å². The Bertz CT molecular complexity index is 308. The smallest absolute Gasteiger partial charge is 0.305 e. The van der Waals surface area contributed by atoms with E-state index in [1.54, 1.807) is 0 Å². The van der Waals surface area contributed by atoms with Crippen molar-refractivity contribution in [1.82, 2.24) is 0 Å². The zero-order valence-corrected chi connectivity index (χ0v) is 14.4. The van der Waals surface area contributed by atoms with Crippen LogP contribution in [0.1, 0.15) is 77.6 Å². The third kappa shape index (κ3) is 15.3. The van der Waals surface area contributed by atoms with E-state index in [1.807, 2.05) is 12.2 Å². The first kappa shape index (κ1) is 20.9. The summed E-state index contributed by atoms with van der Waals surface area (Å²) in [5, 5.41) is 9.82. The molecule has 3 nitrogen and oxygen atoms in total. The highest BCUT2D eigenvalue weighted by Gasteiger charge is 2.01. The second-order valence-corrected chi connectivity index (χ2v) is 5.73. The first-order valence-electron chi connectivity index (χ1n) is 8.77. The quantitative estimate of drug-likeness (QED) is 0.281. The Morgan fingerprint density at radius 2 is 1.82 bits per heavy atom. The van der Waals surface area contributed by atoms with Crippen molar-refractivity contribution in [3.63, 3.8) is 0 Å². The van der Waals surface area contributed by atoms with Gasteiger partial charge in [0.25, 0.3) is 0 Å². The van der Waals surface area contributed by atoms with E-state index >= 15 is 0 Å². The number of carbonyl (C=O) groups excluding carboxylic acids is 1. The maximum Gasteiger partial charge on any atom is 0.305 e. The van der Waals surface area contributed by atoms with Gasteiger partial charge < -0.3 is 9.84 Å². The SMILES string of the molecule is CCCCC/C=C\C/C=C\C(O)CCCCCCC(=O)OC. The fourth-order valence-electron chi connectivity index (χ4n) is 2.22. The van der Waals surface area contributed by atoms with Crippen LogP contribution in [0, 0.1) is 0 Å². The molecule has 1 N–H and O–H groups in total. The van der Waals surface area contributed by atoms with Crippen molar-refractivity contribution < 1.29 is 14.6 Å². The second-order valence-electron chi connectivity index (χ2n) is 5.73. The van der Waals surface area contributed by atoms with Crippen molar-refractivity contribution >= 4 is 5.97 Å². The van der Waals surface area contributed by atoms with Gasteiger partial charge in [-0.05, 0) is 32.1 Å². The van der Waals surface area contributed by atoms with Crippen LogP contribution in [0.3, 0.4) is 0 Å². The maximum absolute atomic E-state index is 10.9. The van der Waals surface area contributed by atoms with E-state index in [2.05, 4.69) is 23.8 Å². The van der Waals surface area contributed by atoms with Crippen LogP contribution < -0.4 is 0 Å². The Morgan fingerprint density at radius 3 is 2.55 bits per heavy atom. The van der Waals surface area contributed by atoms with E-state index in [-0.39, 0.29) is 12.1 Å². The molecule has 1 atom stereocenters. The molecule has 128 valence electrons. The van der Waals surface area contributed by atoms with E-state index in [9.17, 15) is 9.90 Å². The van der Waals surface area contributed by atoms with Gasteiger partial charge in [0.1, 0.15) is 0 Å². The van der Waals surface area contributed by atoms with Crippen molar-refractivity contribution in [2.45, 2.75) is 83.7 Å². The van der Waals surface area contributed by atoms with E-state index in [1.165, 1.54) is 26.4 Å². The van der Waals surface area contributed by atoms with Crippen LogP contribution in [-0.4, -0.2) is 24.3 Å². The molecule has 0 spiro atoms. The average Bonchev–Trinajstić information content (AvgIpc) is 2.52. The van der Waals surface area contributed by atoms with Crippen molar-refractivity contribution in [3.8, 4) is 0 Å². The number of aliphatic hydroxyl groups is 1. The number of ether oxygens (including phenoxy) is 1. The topological polar surface area (TPSA) is 46.5 Å². The highest BCUT2D eigenvalue weighted by atomic mass is 16.5. The summed E-state index contributed by atoms with van der Waals surface area (Å²) < 4.78 is 4.59. The van der Waals surface area contributed by atoms with E-state index < -0.39 is 0 Å². The number of hydrogen-bond donors (Lipinski definition) is 1. The number of aliphatic hydroxyl groups excluding tert-OH is 1. The van der Waals surface area contributed by atoms with Gasteiger partial charge >= 0.3 is 5.97 Å². The van der Waals surface area contributed by atoms with Gasteiger partial charge in [-0.3, -0.25) is 4.79 Å². The summed E-state index contributed by atoms with van der Waals surface area (Å²) in [5.41, 5.74) is 0. The van der Waals surface area contributed by atoms with Crippen molar-refractivity contribution in [2.75, 3.05) is 7.11 Å². The highest BCUT2D eigenvalue weighted by Crippen LogP contribution is 2.09. The number of carbonyl (C=O) groups is 1. The minimum Gasteiger partial charge on any atom is -0.469 e.